The van der Waals surface area contributed by atoms with Gasteiger partial charge < -0.3 is 4.90 Å². The van der Waals surface area contributed by atoms with E-state index in [-0.39, 0.29) is 18.5 Å². The van der Waals surface area contributed by atoms with Gasteiger partial charge in [-0.1, -0.05) is 22.9 Å². The molecule has 9 heteroatoms. The van der Waals surface area contributed by atoms with Crippen LogP contribution in [-0.2, 0) is 4.79 Å². The second-order valence-electron chi connectivity index (χ2n) is 5.01. The van der Waals surface area contributed by atoms with Gasteiger partial charge in [-0.2, -0.15) is 0 Å². The number of hydrogen-bond donors (Lipinski definition) is 1. The zero-order chi connectivity index (χ0) is 16.4. The van der Waals surface area contributed by atoms with Crippen molar-refractivity contribution in [2.24, 2.45) is 0 Å². The predicted molar refractivity (Wildman–Crippen MR) is 89.0 cm³/mol. The van der Waals surface area contributed by atoms with E-state index in [2.05, 4.69) is 15.5 Å². The van der Waals surface area contributed by atoms with Crippen molar-refractivity contribution in [3.8, 4) is 0 Å². The first-order valence-corrected chi connectivity index (χ1v) is 8.14. The second kappa shape index (κ2) is 6.51. The molecule has 0 unspecified atom stereocenters. The van der Waals surface area contributed by atoms with Gasteiger partial charge in [0.2, 0.25) is 11.0 Å². The van der Waals surface area contributed by atoms with Crippen molar-refractivity contribution < 1.29 is 9.59 Å². The van der Waals surface area contributed by atoms with Crippen LogP contribution in [0, 0.1) is 6.92 Å². The van der Waals surface area contributed by atoms with Gasteiger partial charge in [-0.25, -0.2) is 4.79 Å². The smallest absolute Gasteiger partial charge is 0.313 e. The van der Waals surface area contributed by atoms with Crippen LogP contribution in [0.25, 0.3) is 0 Å². The quantitative estimate of drug-likeness (QED) is 0.917. The number of nitrogens with zero attached hydrogens (tertiary/aromatic N) is 4. The van der Waals surface area contributed by atoms with Gasteiger partial charge in [0.1, 0.15) is 11.6 Å². The molecule has 3 rings (SSSR count). The molecule has 1 aromatic heterocycles. The molecule has 1 fully saturated rings. The molecule has 120 valence electrons. The summed E-state index contributed by atoms with van der Waals surface area (Å²) < 4.78 is 0. The topological polar surface area (TPSA) is 78.4 Å². The van der Waals surface area contributed by atoms with Gasteiger partial charge in [-0.3, -0.25) is 15.0 Å². The Hall–Kier alpha value is -2.19. The summed E-state index contributed by atoms with van der Waals surface area (Å²) in [5.41, 5.74) is 0.766. The van der Waals surface area contributed by atoms with Crippen LogP contribution in [0.5, 0.6) is 0 Å². The van der Waals surface area contributed by atoms with Gasteiger partial charge in [0.25, 0.3) is 0 Å². The van der Waals surface area contributed by atoms with E-state index < -0.39 is 0 Å². The number of benzene rings is 1. The summed E-state index contributed by atoms with van der Waals surface area (Å²) in [7, 11) is 0. The Bertz CT molecular complexity index is 733. The van der Waals surface area contributed by atoms with Crippen LogP contribution in [0.3, 0.4) is 0 Å². The van der Waals surface area contributed by atoms with Gasteiger partial charge in [-0.05, 0) is 31.2 Å². The molecule has 0 radical (unpaired) electrons. The number of aryl methyl sites for hydroxylation is 1. The fraction of sp³-hybridized carbons (Fsp3) is 0.286. The van der Waals surface area contributed by atoms with Gasteiger partial charge in [0, 0.05) is 23.8 Å². The third kappa shape index (κ3) is 3.59. The Morgan fingerprint density at radius 2 is 2.04 bits per heavy atom. The van der Waals surface area contributed by atoms with Crippen molar-refractivity contribution in [2.45, 2.75) is 6.92 Å². The number of halogens is 1. The van der Waals surface area contributed by atoms with Crippen molar-refractivity contribution in [3.05, 3.63) is 34.3 Å². The van der Waals surface area contributed by atoms with E-state index in [0.29, 0.717) is 23.2 Å². The zero-order valence-corrected chi connectivity index (χ0v) is 13.9. The van der Waals surface area contributed by atoms with E-state index in [1.54, 1.807) is 36.1 Å². The minimum absolute atomic E-state index is 0.0124. The first-order valence-electron chi connectivity index (χ1n) is 6.95. The maximum absolute atomic E-state index is 12.4. The molecule has 0 atom stereocenters. The summed E-state index contributed by atoms with van der Waals surface area (Å²) >= 11 is 7.15. The van der Waals surface area contributed by atoms with Crippen molar-refractivity contribution in [1.82, 2.24) is 15.1 Å². The lowest BCUT2D eigenvalue weighted by molar-refractivity contribution is -0.116. The lowest BCUT2D eigenvalue weighted by atomic mass is 10.3. The van der Waals surface area contributed by atoms with E-state index in [0.717, 1.165) is 10.7 Å². The summed E-state index contributed by atoms with van der Waals surface area (Å²) in [5, 5.41) is 12.1. The summed E-state index contributed by atoms with van der Waals surface area (Å²) in [6.45, 7) is 2.82. The van der Waals surface area contributed by atoms with E-state index in [1.165, 1.54) is 16.2 Å². The number of aromatic nitrogens is 2. The maximum atomic E-state index is 12.4. The molecule has 1 aliphatic rings. The van der Waals surface area contributed by atoms with E-state index in [4.69, 9.17) is 11.6 Å². The zero-order valence-electron chi connectivity index (χ0n) is 12.3. The number of carbonyl (C=O) groups is 2. The second-order valence-corrected chi connectivity index (χ2v) is 6.62. The summed E-state index contributed by atoms with van der Waals surface area (Å²) in [6.07, 6.45) is 0. The van der Waals surface area contributed by atoms with Crippen LogP contribution in [0.15, 0.2) is 24.3 Å². The Morgan fingerprint density at radius 3 is 2.70 bits per heavy atom. The Morgan fingerprint density at radius 1 is 1.30 bits per heavy atom. The first-order chi connectivity index (χ1) is 11.0. The molecular weight excluding hydrogens is 338 g/mol. The molecule has 1 aliphatic heterocycles. The van der Waals surface area contributed by atoms with Crippen molar-refractivity contribution in [1.29, 1.82) is 0 Å². The van der Waals surface area contributed by atoms with Gasteiger partial charge in [0.05, 0.1) is 0 Å². The number of hydrogen-bond acceptors (Lipinski definition) is 5. The number of rotatable bonds is 4. The highest BCUT2D eigenvalue weighted by atomic mass is 35.5. The molecule has 1 saturated heterocycles. The summed E-state index contributed by atoms with van der Waals surface area (Å²) in [4.78, 5) is 27.5. The van der Waals surface area contributed by atoms with E-state index in [1.807, 2.05) is 0 Å². The minimum atomic E-state index is -0.285. The van der Waals surface area contributed by atoms with Gasteiger partial charge in [0.15, 0.2) is 0 Å². The van der Waals surface area contributed by atoms with Crippen LogP contribution in [0.4, 0.5) is 15.6 Å². The maximum Gasteiger partial charge on any atom is 0.325 e. The van der Waals surface area contributed by atoms with Crippen LogP contribution in [0.2, 0.25) is 5.02 Å². The fourth-order valence-electron chi connectivity index (χ4n) is 2.27. The number of amides is 3. The Labute approximate surface area is 141 Å². The lowest BCUT2D eigenvalue weighted by Crippen LogP contribution is -2.37. The molecule has 2 heterocycles. The van der Waals surface area contributed by atoms with Crippen LogP contribution in [-0.4, -0.2) is 46.7 Å². The van der Waals surface area contributed by atoms with Gasteiger partial charge >= 0.3 is 6.03 Å². The molecule has 1 aromatic carbocycles. The van der Waals surface area contributed by atoms with Gasteiger partial charge in [-0.15, -0.1) is 10.2 Å². The molecular formula is C14H14ClN5O2S. The normalized spacial score (nSPS) is 14.4. The lowest BCUT2D eigenvalue weighted by Gasteiger charge is -2.18. The number of carbonyl (C=O) groups excluding carboxylic acids is 2. The first kappa shape index (κ1) is 15.7. The van der Waals surface area contributed by atoms with Crippen LogP contribution in [0.1, 0.15) is 5.01 Å². The SMILES string of the molecule is Cc1nnc(NC(=O)CN2CCN(c3ccc(Cl)cc3)C2=O)s1. The highest BCUT2D eigenvalue weighted by Gasteiger charge is 2.30. The number of urea groups is 1. The standard InChI is InChI=1S/C14H14ClN5O2S/c1-9-17-18-13(23-9)16-12(21)8-19-6-7-20(14(19)22)11-4-2-10(15)3-5-11/h2-5H,6-8H2,1H3,(H,16,18,21). The van der Waals surface area contributed by atoms with E-state index in [9.17, 15) is 9.59 Å². The highest BCUT2D eigenvalue weighted by molar-refractivity contribution is 7.15. The van der Waals surface area contributed by atoms with Crippen molar-refractivity contribution in [2.75, 3.05) is 29.9 Å². The van der Waals surface area contributed by atoms with E-state index >= 15 is 0 Å². The monoisotopic (exact) mass is 351 g/mol. The summed E-state index contributed by atoms with van der Waals surface area (Å²) in [6, 6.07) is 6.84. The molecule has 23 heavy (non-hydrogen) atoms. The third-order valence-corrected chi connectivity index (χ3v) is 4.35. The Kier molecular flexibility index (Phi) is 4.44. The molecule has 2 aromatic rings. The largest absolute Gasteiger partial charge is 0.325 e. The molecule has 0 saturated carbocycles. The molecule has 1 N–H and O–H groups in total. The van der Waals surface area contributed by atoms with Crippen molar-refractivity contribution >= 4 is 45.7 Å². The average molecular weight is 352 g/mol. The van der Waals surface area contributed by atoms with Crippen LogP contribution < -0.4 is 10.2 Å². The minimum Gasteiger partial charge on any atom is -0.313 e. The highest BCUT2D eigenvalue weighted by Crippen LogP contribution is 2.22. The summed E-state index contributed by atoms with van der Waals surface area (Å²) in [5.74, 6) is -0.285. The number of nitrogens with one attached hydrogen (secondary N) is 1. The number of anilines is 2. The molecule has 0 aliphatic carbocycles. The Balaban J connectivity index is 1.60. The predicted octanol–water partition coefficient (Wildman–Crippen LogP) is 2.38. The van der Waals surface area contributed by atoms with Crippen molar-refractivity contribution in [3.63, 3.8) is 0 Å². The third-order valence-electron chi connectivity index (χ3n) is 3.34. The molecule has 3 amide bonds. The molecule has 0 bridgehead atoms. The fourth-order valence-corrected chi connectivity index (χ4v) is 3.00. The van der Waals surface area contributed by atoms with Crippen LogP contribution >= 0.6 is 22.9 Å². The average Bonchev–Trinajstić information content (AvgIpc) is 3.07. The molecule has 7 nitrogen and oxygen atoms in total. The molecule has 0 spiro atoms.